The SMILES string of the molecule is Fc1cc(F)c(C(Br)C2CCOCC2)cc1F. The molecular formula is C12H12BrF3O. The van der Waals surface area contributed by atoms with Crippen LogP contribution in [0.15, 0.2) is 12.1 Å². The molecule has 0 bridgehead atoms. The summed E-state index contributed by atoms with van der Waals surface area (Å²) in [6, 6.07) is 1.53. The first kappa shape index (κ1) is 12.9. The predicted octanol–water partition coefficient (Wildman–Crippen LogP) is 3.97. The maximum Gasteiger partial charge on any atom is 0.161 e. The van der Waals surface area contributed by atoms with Gasteiger partial charge in [-0.3, -0.25) is 0 Å². The molecule has 0 aromatic heterocycles. The van der Waals surface area contributed by atoms with Crippen molar-refractivity contribution in [3.63, 3.8) is 0 Å². The Hall–Kier alpha value is -0.550. The van der Waals surface area contributed by atoms with Gasteiger partial charge in [-0.25, -0.2) is 13.2 Å². The highest BCUT2D eigenvalue weighted by atomic mass is 79.9. The van der Waals surface area contributed by atoms with E-state index in [-0.39, 0.29) is 16.3 Å². The van der Waals surface area contributed by atoms with Crippen molar-refractivity contribution in [2.24, 2.45) is 5.92 Å². The van der Waals surface area contributed by atoms with Crippen molar-refractivity contribution in [3.05, 3.63) is 35.1 Å². The molecule has 0 saturated carbocycles. The van der Waals surface area contributed by atoms with Crippen LogP contribution in [0.1, 0.15) is 23.2 Å². The maximum atomic E-state index is 13.6. The molecule has 0 amide bonds. The summed E-state index contributed by atoms with van der Waals surface area (Å²) in [6.07, 6.45) is 1.57. The number of hydrogen-bond donors (Lipinski definition) is 0. The third-order valence-electron chi connectivity index (χ3n) is 3.02. The molecule has 0 radical (unpaired) electrons. The summed E-state index contributed by atoms with van der Waals surface area (Å²) in [4.78, 5) is -0.304. The van der Waals surface area contributed by atoms with E-state index in [0.717, 1.165) is 18.9 Å². The third kappa shape index (κ3) is 2.83. The Labute approximate surface area is 106 Å². The first-order chi connectivity index (χ1) is 8.09. The van der Waals surface area contributed by atoms with Crippen LogP contribution in [0.5, 0.6) is 0 Å². The fraction of sp³-hybridized carbons (Fsp3) is 0.500. The molecule has 0 aliphatic carbocycles. The van der Waals surface area contributed by atoms with E-state index in [4.69, 9.17) is 4.74 Å². The van der Waals surface area contributed by atoms with Crippen LogP contribution in [0.25, 0.3) is 0 Å². The van der Waals surface area contributed by atoms with Crippen molar-refractivity contribution in [1.29, 1.82) is 0 Å². The lowest BCUT2D eigenvalue weighted by atomic mass is 9.92. The second-order valence-electron chi connectivity index (χ2n) is 4.14. The maximum absolute atomic E-state index is 13.6. The molecule has 1 aliphatic heterocycles. The molecule has 1 aromatic rings. The van der Waals surface area contributed by atoms with Crippen LogP contribution in [0, 0.1) is 23.4 Å². The second-order valence-corrected chi connectivity index (χ2v) is 5.13. The minimum atomic E-state index is -1.15. The number of benzene rings is 1. The number of hydrogen-bond acceptors (Lipinski definition) is 1. The molecule has 1 aliphatic rings. The van der Waals surface area contributed by atoms with Crippen LogP contribution in [0.2, 0.25) is 0 Å². The third-order valence-corrected chi connectivity index (χ3v) is 4.26. The summed E-state index contributed by atoms with van der Waals surface area (Å²) < 4.78 is 44.7. The number of alkyl halides is 1. The van der Waals surface area contributed by atoms with Gasteiger partial charge in [0.2, 0.25) is 0 Å². The minimum absolute atomic E-state index is 0.177. The summed E-state index contributed by atoms with van der Waals surface area (Å²) in [5.41, 5.74) is 0.177. The monoisotopic (exact) mass is 308 g/mol. The van der Waals surface area contributed by atoms with Gasteiger partial charge in [0.15, 0.2) is 11.6 Å². The fourth-order valence-electron chi connectivity index (χ4n) is 2.01. The summed E-state index contributed by atoms with van der Waals surface area (Å²) in [6.45, 7) is 1.25. The van der Waals surface area contributed by atoms with Gasteiger partial charge >= 0.3 is 0 Å². The predicted molar refractivity (Wildman–Crippen MR) is 61.5 cm³/mol. The van der Waals surface area contributed by atoms with Crippen LogP contribution in [0.4, 0.5) is 13.2 Å². The van der Waals surface area contributed by atoms with Gasteiger partial charge in [0.05, 0.1) is 0 Å². The second kappa shape index (κ2) is 5.40. The highest BCUT2D eigenvalue weighted by Gasteiger charge is 2.26. The molecular weight excluding hydrogens is 297 g/mol. The van der Waals surface area contributed by atoms with Gasteiger partial charge < -0.3 is 4.74 Å². The molecule has 5 heteroatoms. The standard InChI is InChI=1S/C12H12BrF3O/c13-12(7-1-3-17-4-2-7)8-5-10(15)11(16)6-9(8)14/h5-7,12H,1-4H2. The zero-order chi connectivity index (χ0) is 12.4. The topological polar surface area (TPSA) is 9.23 Å². The summed E-state index contributed by atoms with van der Waals surface area (Å²) in [5, 5.41) is 0. The van der Waals surface area contributed by atoms with Gasteiger partial charge in [-0.1, -0.05) is 15.9 Å². The minimum Gasteiger partial charge on any atom is -0.381 e. The molecule has 0 spiro atoms. The summed E-state index contributed by atoms with van der Waals surface area (Å²) >= 11 is 3.37. The molecule has 1 saturated heterocycles. The lowest BCUT2D eigenvalue weighted by molar-refractivity contribution is 0.0659. The normalized spacial score (nSPS) is 19.3. The number of halogens is 4. The van der Waals surface area contributed by atoms with Crippen molar-refractivity contribution >= 4 is 15.9 Å². The van der Waals surface area contributed by atoms with Gasteiger partial charge in [-0.15, -0.1) is 0 Å². The van der Waals surface area contributed by atoms with Gasteiger partial charge in [-0.2, -0.15) is 0 Å². The zero-order valence-electron chi connectivity index (χ0n) is 9.06. The van der Waals surface area contributed by atoms with E-state index in [1.807, 2.05) is 0 Å². The Bertz CT molecular complexity index is 405. The van der Waals surface area contributed by atoms with E-state index in [0.29, 0.717) is 19.3 Å². The van der Waals surface area contributed by atoms with Gasteiger partial charge in [-0.05, 0) is 24.8 Å². The zero-order valence-corrected chi connectivity index (χ0v) is 10.6. The Morgan fingerprint density at radius 2 is 1.65 bits per heavy atom. The number of ether oxygens (including phenoxy) is 1. The van der Waals surface area contributed by atoms with Crippen LogP contribution >= 0.6 is 15.9 Å². The van der Waals surface area contributed by atoms with E-state index in [9.17, 15) is 13.2 Å². The Balaban J connectivity index is 2.23. The van der Waals surface area contributed by atoms with Crippen LogP contribution in [0.3, 0.4) is 0 Å². The first-order valence-electron chi connectivity index (χ1n) is 5.46. The molecule has 0 N–H and O–H groups in total. The number of rotatable bonds is 2. The Morgan fingerprint density at radius 3 is 2.29 bits per heavy atom. The Kier molecular flexibility index (Phi) is 4.09. The highest BCUT2D eigenvalue weighted by molar-refractivity contribution is 9.09. The molecule has 2 rings (SSSR count). The summed E-state index contributed by atoms with van der Waals surface area (Å²) in [7, 11) is 0. The molecule has 1 nitrogen and oxygen atoms in total. The Morgan fingerprint density at radius 1 is 1.06 bits per heavy atom. The van der Waals surface area contributed by atoms with E-state index in [1.165, 1.54) is 0 Å². The smallest absolute Gasteiger partial charge is 0.161 e. The van der Waals surface area contributed by atoms with Crippen LogP contribution in [-0.4, -0.2) is 13.2 Å². The van der Waals surface area contributed by atoms with Gasteiger partial charge in [0.25, 0.3) is 0 Å². The molecule has 94 valence electrons. The molecule has 1 aromatic carbocycles. The van der Waals surface area contributed by atoms with Gasteiger partial charge in [0, 0.05) is 29.7 Å². The molecule has 1 fully saturated rings. The fourth-order valence-corrected chi connectivity index (χ4v) is 2.89. The van der Waals surface area contributed by atoms with Crippen molar-refractivity contribution in [3.8, 4) is 0 Å². The van der Waals surface area contributed by atoms with Crippen LogP contribution < -0.4 is 0 Å². The highest BCUT2D eigenvalue weighted by Crippen LogP contribution is 2.38. The molecule has 1 heterocycles. The summed E-state index contributed by atoms with van der Waals surface area (Å²) in [5.74, 6) is -2.70. The van der Waals surface area contributed by atoms with E-state index in [1.54, 1.807) is 0 Å². The van der Waals surface area contributed by atoms with Gasteiger partial charge in [0.1, 0.15) is 5.82 Å². The van der Waals surface area contributed by atoms with Crippen molar-refractivity contribution < 1.29 is 17.9 Å². The lowest BCUT2D eigenvalue weighted by Crippen LogP contribution is -2.20. The van der Waals surface area contributed by atoms with Crippen molar-refractivity contribution in [2.75, 3.05) is 13.2 Å². The van der Waals surface area contributed by atoms with E-state index < -0.39 is 17.5 Å². The molecule has 1 unspecified atom stereocenters. The average molecular weight is 309 g/mol. The molecule has 1 atom stereocenters. The van der Waals surface area contributed by atoms with E-state index in [2.05, 4.69) is 15.9 Å². The van der Waals surface area contributed by atoms with E-state index >= 15 is 0 Å². The largest absolute Gasteiger partial charge is 0.381 e. The average Bonchev–Trinajstić information content (AvgIpc) is 2.34. The van der Waals surface area contributed by atoms with Crippen LogP contribution in [-0.2, 0) is 4.74 Å². The molecule has 17 heavy (non-hydrogen) atoms. The lowest BCUT2D eigenvalue weighted by Gasteiger charge is -2.27. The first-order valence-corrected chi connectivity index (χ1v) is 6.37. The quantitative estimate of drug-likeness (QED) is 0.593. The van der Waals surface area contributed by atoms with Crippen molar-refractivity contribution in [1.82, 2.24) is 0 Å². The van der Waals surface area contributed by atoms with Crippen molar-refractivity contribution in [2.45, 2.75) is 17.7 Å².